The third kappa shape index (κ3) is 2.62. The molecule has 0 unspecified atom stereocenters. The SMILES string of the molecule is CC(=O)NC(=O)c1ncccc1Br. The van der Waals surface area contributed by atoms with Crippen molar-refractivity contribution in [2.75, 3.05) is 0 Å². The quantitative estimate of drug-likeness (QED) is 0.803. The molecule has 0 aliphatic rings. The molecule has 0 saturated heterocycles. The van der Waals surface area contributed by atoms with Crippen molar-refractivity contribution in [3.63, 3.8) is 0 Å². The first kappa shape index (κ1) is 9.85. The highest BCUT2D eigenvalue weighted by Crippen LogP contribution is 2.12. The number of imide groups is 1. The third-order valence-corrected chi connectivity index (χ3v) is 1.90. The fourth-order valence-electron chi connectivity index (χ4n) is 0.772. The smallest absolute Gasteiger partial charge is 0.277 e. The number of hydrogen-bond donors (Lipinski definition) is 1. The molecule has 5 heteroatoms. The molecule has 0 spiro atoms. The van der Waals surface area contributed by atoms with E-state index in [0.29, 0.717) is 4.47 Å². The summed E-state index contributed by atoms with van der Waals surface area (Å²) in [5.74, 6) is -0.900. The van der Waals surface area contributed by atoms with Gasteiger partial charge in [-0.1, -0.05) is 0 Å². The second-order valence-corrected chi connectivity index (χ2v) is 3.20. The predicted molar refractivity (Wildman–Crippen MR) is 50.1 cm³/mol. The second kappa shape index (κ2) is 4.13. The van der Waals surface area contributed by atoms with Gasteiger partial charge in [-0.15, -0.1) is 0 Å². The molecule has 0 aliphatic heterocycles. The Hall–Kier alpha value is -1.23. The van der Waals surface area contributed by atoms with E-state index in [-0.39, 0.29) is 5.69 Å². The standard InChI is InChI=1S/C8H7BrN2O2/c1-5(12)11-8(13)7-6(9)3-2-4-10-7/h2-4H,1H3,(H,11,12,13). The molecule has 0 saturated carbocycles. The third-order valence-electron chi connectivity index (χ3n) is 1.26. The number of carbonyl (C=O) groups excluding carboxylic acids is 2. The molecule has 1 heterocycles. The summed E-state index contributed by atoms with van der Waals surface area (Å²) < 4.78 is 0.564. The number of amides is 2. The molecule has 2 amide bonds. The number of hydrogen-bond acceptors (Lipinski definition) is 3. The van der Waals surface area contributed by atoms with Crippen LogP contribution in [0.15, 0.2) is 22.8 Å². The van der Waals surface area contributed by atoms with Gasteiger partial charge in [-0.2, -0.15) is 0 Å². The molecule has 1 rings (SSSR count). The van der Waals surface area contributed by atoms with Gasteiger partial charge in [0.2, 0.25) is 5.91 Å². The molecule has 68 valence electrons. The largest absolute Gasteiger partial charge is 0.291 e. The van der Waals surface area contributed by atoms with Gasteiger partial charge in [-0.3, -0.25) is 14.9 Å². The van der Waals surface area contributed by atoms with Gasteiger partial charge in [-0.05, 0) is 28.1 Å². The highest BCUT2D eigenvalue weighted by molar-refractivity contribution is 9.10. The summed E-state index contributed by atoms with van der Waals surface area (Å²) in [4.78, 5) is 25.6. The fraction of sp³-hybridized carbons (Fsp3) is 0.125. The highest BCUT2D eigenvalue weighted by Gasteiger charge is 2.11. The number of aromatic nitrogens is 1. The Labute approximate surface area is 83.5 Å². The minimum atomic E-state index is -0.500. The maximum absolute atomic E-state index is 11.3. The minimum Gasteiger partial charge on any atom is -0.291 e. The lowest BCUT2D eigenvalue weighted by atomic mass is 10.3. The summed E-state index contributed by atoms with van der Waals surface area (Å²) in [6.07, 6.45) is 1.49. The zero-order valence-corrected chi connectivity index (χ0v) is 8.46. The van der Waals surface area contributed by atoms with Crippen molar-refractivity contribution < 1.29 is 9.59 Å². The lowest BCUT2D eigenvalue weighted by Crippen LogP contribution is -2.28. The average Bonchev–Trinajstić information content (AvgIpc) is 2.03. The van der Waals surface area contributed by atoms with E-state index in [0.717, 1.165) is 0 Å². The Morgan fingerprint density at radius 2 is 2.23 bits per heavy atom. The van der Waals surface area contributed by atoms with Crippen molar-refractivity contribution in [1.82, 2.24) is 10.3 Å². The summed E-state index contributed by atoms with van der Waals surface area (Å²) in [7, 11) is 0. The molecular formula is C8H7BrN2O2. The number of carbonyl (C=O) groups is 2. The molecule has 4 nitrogen and oxygen atoms in total. The van der Waals surface area contributed by atoms with Gasteiger partial charge in [0.05, 0.1) is 0 Å². The van der Waals surface area contributed by atoms with Crippen LogP contribution in [0.5, 0.6) is 0 Å². The van der Waals surface area contributed by atoms with Crippen molar-refractivity contribution in [2.24, 2.45) is 0 Å². The molecule has 0 aliphatic carbocycles. The van der Waals surface area contributed by atoms with E-state index in [1.165, 1.54) is 13.1 Å². The van der Waals surface area contributed by atoms with Gasteiger partial charge in [0.1, 0.15) is 5.69 Å². The highest BCUT2D eigenvalue weighted by atomic mass is 79.9. The molecule has 0 aromatic carbocycles. The van der Waals surface area contributed by atoms with E-state index in [9.17, 15) is 9.59 Å². The Morgan fingerprint density at radius 3 is 2.77 bits per heavy atom. The maximum Gasteiger partial charge on any atom is 0.277 e. The van der Waals surface area contributed by atoms with Crippen LogP contribution in [0, 0.1) is 0 Å². The van der Waals surface area contributed by atoms with Crippen LogP contribution in [0.2, 0.25) is 0 Å². The molecule has 0 atom stereocenters. The first-order valence-electron chi connectivity index (χ1n) is 3.53. The van der Waals surface area contributed by atoms with Crippen molar-refractivity contribution >= 4 is 27.7 Å². The van der Waals surface area contributed by atoms with Crippen molar-refractivity contribution in [3.8, 4) is 0 Å². The van der Waals surface area contributed by atoms with Crippen LogP contribution >= 0.6 is 15.9 Å². The van der Waals surface area contributed by atoms with Gasteiger partial charge >= 0.3 is 0 Å². The van der Waals surface area contributed by atoms with Crippen molar-refractivity contribution in [3.05, 3.63) is 28.5 Å². The van der Waals surface area contributed by atoms with Crippen molar-refractivity contribution in [1.29, 1.82) is 0 Å². The summed E-state index contributed by atoms with van der Waals surface area (Å²) in [6.45, 7) is 1.27. The zero-order valence-electron chi connectivity index (χ0n) is 6.87. The number of pyridine rings is 1. The Bertz CT molecular complexity index is 352. The lowest BCUT2D eigenvalue weighted by Gasteiger charge is -2.01. The van der Waals surface area contributed by atoms with E-state index >= 15 is 0 Å². The Morgan fingerprint density at radius 1 is 1.54 bits per heavy atom. The number of rotatable bonds is 1. The van der Waals surface area contributed by atoms with Gasteiger partial charge in [0.25, 0.3) is 5.91 Å². The van der Waals surface area contributed by atoms with Crippen LogP contribution in [0.3, 0.4) is 0 Å². The first-order valence-corrected chi connectivity index (χ1v) is 4.33. The maximum atomic E-state index is 11.3. The van der Waals surface area contributed by atoms with Crippen LogP contribution < -0.4 is 5.32 Å². The van der Waals surface area contributed by atoms with Gasteiger partial charge < -0.3 is 0 Å². The van der Waals surface area contributed by atoms with Crippen LogP contribution in [-0.2, 0) is 4.79 Å². The number of nitrogens with zero attached hydrogens (tertiary/aromatic N) is 1. The van der Waals surface area contributed by atoms with Gasteiger partial charge in [0, 0.05) is 17.6 Å². The monoisotopic (exact) mass is 242 g/mol. The van der Waals surface area contributed by atoms with E-state index in [2.05, 4.69) is 26.2 Å². The van der Waals surface area contributed by atoms with Crippen LogP contribution in [0.4, 0.5) is 0 Å². The first-order chi connectivity index (χ1) is 6.11. The van der Waals surface area contributed by atoms with Crippen LogP contribution in [0.25, 0.3) is 0 Å². The molecule has 0 radical (unpaired) electrons. The lowest BCUT2D eigenvalue weighted by molar-refractivity contribution is -0.118. The van der Waals surface area contributed by atoms with E-state index in [4.69, 9.17) is 0 Å². The van der Waals surface area contributed by atoms with E-state index < -0.39 is 11.8 Å². The minimum absolute atomic E-state index is 0.206. The molecule has 0 bridgehead atoms. The van der Waals surface area contributed by atoms with E-state index in [1.807, 2.05) is 0 Å². The summed E-state index contributed by atoms with van der Waals surface area (Å²) >= 11 is 3.15. The fourth-order valence-corrected chi connectivity index (χ4v) is 1.21. The van der Waals surface area contributed by atoms with Gasteiger partial charge in [0.15, 0.2) is 0 Å². The molecule has 1 N–H and O–H groups in total. The van der Waals surface area contributed by atoms with Gasteiger partial charge in [-0.25, -0.2) is 4.98 Å². The number of halogens is 1. The predicted octanol–water partition coefficient (Wildman–Crippen LogP) is 1.12. The molecule has 13 heavy (non-hydrogen) atoms. The Kier molecular flexibility index (Phi) is 3.13. The summed E-state index contributed by atoms with van der Waals surface area (Å²) in [5, 5.41) is 2.13. The molecule has 1 aromatic rings. The second-order valence-electron chi connectivity index (χ2n) is 2.34. The van der Waals surface area contributed by atoms with Crippen LogP contribution in [0.1, 0.15) is 17.4 Å². The molecule has 1 aromatic heterocycles. The van der Waals surface area contributed by atoms with Crippen molar-refractivity contribution in [2.45, 2.75) is 6.92 Å². The molecule has 0 fully saturated rings. The average molecular weight is 243 g/mol. The Balaban J connectivity index is 2.89. The molecular weight excluding hydrogens is 236 g/mol. The summed E-state index contributed by atoms with van der Waals surface area (Å²) in [6, 6.07) is 3.37. The van der Waals surface area contributed by atoms with Crippen LogP contribution in [-0.4, -0.2) is 16.8 Å². The normalized spacial score (nSPS) is 9.38. The summed E-state index contributed by atoms with van der Waals surface area (Å²) in [5.41, 5.74) is 0.206. The van der Waals surface area contributed by atoms with E-state index in [1.54, 1.807) is 12.1 Å². The number of nitrogens with one attached hydrogen (secondary N) is 1. The topological polar surface area (TPSA) is 59.1 Å². The zero-order chi connectivity index (χ0) is 9.84.